The maximum Gasteiger partial charge on any atom is 0.239 e. The van der Waals surface area contributed by atoms with E-state index >= 15 is 0 Å². The van der Waals surface area contributed by atoms with Gasteiger partial charge < -0.3 is 20.3 Å². The summed E-state index contributed by atoms with van der Waals surface area (Å²) in [5.74, 6) is 0.787. The number of carbonyl (C=O) groups excluding carboxylic acids is 1. The number of guanidine groups is 1. The summed E-state index contributed by atoms with van der Waals surface area (Å²) in [6.07, 6.45) is 4.89. The van der Waals surface area contributed by atoms with Gasteiger partial charge in [0.05, 0.1) is 13.2 Å². The maximum atomic E-state index is 11.7. The molecule has 0 aliphatic carbocycles. The first-order chi connectivity index (χ1) is 10.5. The van der Waals surface area contributed by atoms with Crippen LogP contribution in [0.15, 0.2) is 4.99 Å². The fourth-order valence-corrected chi connectivity index (χ4v) is 3.15. The van der Waals surface area contributed by atoms with Crippen LogP contribution >= 0.6 is 0 Å². The zero-order valence-electron chi connectivity index (χ0n) is 14.6. The lowest BCUT2D eigenvalue weighted by Crippen LogP contribution is -2.51. The number of hydrogen-bond acceptors (Lipinski definition) is 3. The van der Waals surface area contributed by atoms with Gasteiger partial charge in [-0.3, -0.25) is 9.79 Å². The monoisotopic (exact) mass is 312 g/mol. The molecule has 1 heterocycles. The van der Waals surface area contributed by atoms with Crippen molar-refractivity contribution in [2.45, 2.75) is 39.5 Å². The van der Waals surface area contributed by atoms with Crippen molar-refractivity contribution in [1.82, 2.24) is 15.5 Å². The molecule has 1 aliphatic rings. The zero-order valence-corrected chi connectivity index (χ0v) is 14.6. The normalized spacial score (nSPS) is 22.5. The highest BCUT2D eigenvalue weighted by molar-refractivity contribution is 5.86. The lowest BCUT2D eigenvalue weighted by atomic mass is 9.78. The molecule has 0 aromatic heterocycles. The third kappa shape index (κ3) is 6.22. The van der Waals surface area contributed by atoms with Gasteiger partial charge in [0.25, 0.3) is 0 Å². The van der Waals surface area contributed by atoms with Crippen LogP contribution in [0.4, 0.5) is 0 Å². The molecule has 22 heavy (non-hydrogen) atoms. The van der Waals surface area contributed by atoms with Crippen LogP contribution in [0, 0.1) is 5.41 Å². The fraction of sp³-hybridized carbons (Fsp3) is 0.875. The predicted molar refractivity (Wildman–Crippen MR) is 90.1 cm³/mol. The molecule has 0 radical (unpaired) electrons. The number of rotatable bonds is 7. The first-order valence-electron chi connectivity index (χ1n) is 8.26. The van der Waals surface area contributed by atoms with Crippen LogP contribution in [0.5, 0.6) is 0 Å². The number of amides is 1. The molecule has 0 saturated carbocycles. The van der Waals surface area contributed by atoms with E-state index in [4.69, 9.17) is 4.74 Å². The number of ether oxygens (including phenoxy) is 1. The highest BCUT2D eigenvalue weighted by atomic mass is 16.5. The number of nitrogens with zero attached hydrogens (tertiary/aromatic N) is 2. The molecule has 128 valence electrons. The minimum Gasteiger partial charge on any atom is -0.383 e. The predicted octanol–water partition coefficient (Wildman–Crippen LogP) is 1.23. The van der Waals surface area contributed by atoms with Crippen molar-refractivity contribution in [3.63, 3.8) is 0 Å². The van der Waals surface area contributed by atoms with Gasteiger partial charge in [0.2, 0.25) is 5.91 Å². The topological polar surface area (TPSA) is 66.0 Å². The number of hydrogen-bond donors (Lipinski definition) is 2. The first-order valence-corrected chi connectivity index (χ1v) is 8.26. The van der Waals surface area contributed by atoms with E-state index in [-0.39, 0.29) is 12.5 Å². The first kappa shape index (κ1) is 18.7. The Morgan fingerprint density at radius 2 is 2.18 bits per heavy atom. The molecule has 6 nitrogen and oxygen atoms in total. The van der Waals surface area contributed by atoms with Crippen molar-refractivity contribution in [3.05, 3.63) is 0 Å². The van der Waals surface area contributed by atoms with Crippen molar-refractivity contribution in [3.8, 4) is 0 Å². The Hall–Kier alpha value is -1.30. The Morgan fingerprint density at radius 3 is 2.82 bits per heavy atom. The summed E-state index contributed by atoms with van der Waals surface area (Å²) >= 11 is 0. The van der Waals surface area contributed by atoms with Gasteiger partial charge in [-0.25, -0.2) is 0 Å². The average Bonchev–Trinajstić information content (AvgIpc) is 2.48. The lowest BCUT2D eigenvalue weighted by Gasteiger charge is -2.42. The second-order valence-electron chi connectivity index (χ2n) is 6.33. The Morgan fingerprint density at radius 1 is 1.41 bits per heavy atom. The third-order valence-electron chi connectivity index (χ3n) is 4.18. The van der Waals surface area contributed by atoms with E-state index in [0.29, 0.717) is 18.6 Å². The van der Waals surface area contributed by atoms with Crippen LogP contribution in [0.25, 0.3) is 0 Å². The SMILES string of the molecule is CCCC1(C)CCCN(C(=NC)NCC(=O)NCCOC)C1. The molecule has 0 aromatic rings. The van der Waals surface area contributed by atoms with Gasteiger partial charge in [0.1, 0.15) is 0 Å². The van der Waals surface area contributed by atoms with E-state index in [9.17, 15) is 4.79 Å². The Bertz CT molecular complexity index is 369. The summed E-state index contributed by atoms with van der Waals surface area (Å²) in [7, 11) is 3.40. The summed E-state index contributed by atoms with van der Waals surface area (Å²) in [5, 5.41) is 5.97. The molecule has 0 bridgehead atoms. The minimum absolute atomic E-state index is 0.0356. The molecule has 1 atom stereocenters. The Labute approximate surface area is 134 Å². The molecule has 1 unspecified atom stereocenters. The Kier molecular flexibility index (Phi) is 8.24. The Balaban J connectivity index is 2.45. The van der Waals surface area contributed by atoms with Crippen LogP contribution < -0.4 is 10.6 Å². The van der Waals surface area contributed by atoms with Crippen molar-refractivity contribution >= 4 is 11.9 Å². The third-order valence-corrected chi connectivity index (χ3v) is 4.18. The summed E-state index contributed by atoms with van der Waals surface area (Å²) in [6, 6.07) is 0. The number of nitrogens with one attached hydrogen (secondary N) is 2. The van der Waals surface area contributed by atoms with Crippen molar-refractivity contribution < 1.29 is 9.53 Å². The van der Waals surface area contributed by atoms with E-state index in [1.165, 1.54) is 25.7 Å². The number of piperidine rings is 1. The average molecular weight is 312 g/mol. The maximum absolute atomic E-state index is 11.7. The molecule has 1 amide bonds. The molecule has 1 rings (SSSR count). The van der Waals surface area contributed by atoms with Gasteiger partial charge in [0, 0.05) is 33.8 Å². The molecule has 0 spiro atoms. The summed E-state index contributed by atoms with van der Waals surface area (Å²) < 4.78 is 4.91. The van der Waals surface area contributed by atoms with Crippen LogP contribution in [-0.4, -0.2) is 63.7 Å². The molecule has 1 saturated heterocycles. The van der Waals surface area contributed by atoms with Gasteiger partial charge >= 0.3 is 0 Å². The zero-order chi connectivity index (χ0) is 16.4. The smallest absolute Gasteiger partial charge is 0.239 e. The largest absolute Gasteiger partial charge is 0.383 e. The second-order valence-corrected chi connectivity index (χ2v) is 6.33. The van der Waals surface area contributed by atoms with E-state index in [0.717, 1.165) is 19.0 Å². The van der Waals surface area contributed by atoms with E-state index < -0.39 is 0 Å². The minimum atomic E-state index is -0.0356. The van der Waals surface area contributed by atoms with Crippen molar-refractivity contribution in [2.24, 2.45) is 10.4 Å². The van der Waals surface area contributed by atoms with E-state index in [2.05, 4.69) is 34.4 Å². The summed E-state index contributed by atoms with van der Waals surface area (Å²) in [4.78, 5) is 18.4. The lowest BCUT2D eigenvalue weighted by molar-refractivity contribution is -0.120. The van der Waals surface area contributed by atoms with Crippen LogP contribution in [-0.2, 0) is 9.53 Å². The van der Waals surface area contributed by atoms with Gasteiger partial charge in [-0.1, -0.05) is 20.3 Å². The van der Waals surface area contributed by atoms with Crippen LogP contribution in [0.3, 0.4) is 0 Å². The number of methoxy groups -OCH3 is 1. The van der Waals surface area contributed by atoms with Crippen LogP contribution in [0.2, 0.25) is 0 Å². The van der Waals surface area contributed by atoms with Gasteiger partial charge in [-0.2, -0.15) is 0 Å². The molecule has 1 fully saturated rings. The van der Waals surface area contributed by atoms with Crippen molar-refractivity contribution in [1.29, 1.82) is 0 Å². The molecule has 6 heteroatoms. The highest BCUT2D eigenvalue weighted by Gasteiger charge is 2.31. The molecule has 0 aromatic carbocycles. The highest BCUT2D eigenvalue weighted by Crippen LogP contribution is 2.33. The quantitative estimate of drug-likeness (QED) is 0.421. The summed E-state index contributed by atoms with van der Waals surface area (Å²) in [5.41, 5.74) is 0.353. The number of aliphatic imine (C=N–C) groups is 1. The van der Waals surface area contributed by atoms with Crippen molar-refractivity contribution in [2.75, 3.05) is 46.9 Å². The van der Waals surface area contributed by atoms with Crippen LogP contribution in [0.1, 0.15) is 39.5 Å². The molecular formula is C16H32N4O2. The van der Waals surface area contributed by atoms with Gasteiger partial charge in [-0.05, 0) is 24.7 Å². The fourth-order valence-electron chi connectivity index (χ4n) is 3.15. The van der Waals surface area contributed by atoms with E-state index in [1.54, 1.807) is 14.2 Å². The molecule has 2 N–H and O–H groups in total. The van der Waals surface area contributed by atoms with E-state index in [1.807, 2.05) is 0 Å². The molecule has 1 aliphatic heterocycles. The van der Waals surface area contributed by atoms with Gasteiger partial charge in [-0.15, -0.1) is 0 Å². The standard InChI is InChI=1S/C16H32N4O2/c1-5-7-16(2)8-6-10-20(13-16)15(17-3)19-12-14(21)18-9-11-22-4/h5-13H2,1-4H3,(H,17,19)(H,18,21). The summed E-state index contributed by atoms with van der Waals surface area (Å²) in [6.45, 7) is 7.92. The number of carbonyl (C=O) groups is 1. The molecular weight excluding hydrogens is 280 g/mol. The number of likely N-dealkylation sites (tertiary alicyclic amines) is 1. The second kappa shape index (κ2) is 9.66. The van der Waals surface area contributed by atoms with Gasteiger partial charge in [0.15, 0.2) is 5.96 Å².